The Morgan fingerprint density at radius 3 is 2.38 bits per heavy atom. The predicted molar refractivity (Wildman–Crippen MR) is 84.8 cm³/mol. The first-order valence-electron chi connectivity index (χ1n) is 6.79. The van der Waals surface area contributed by atoms with E-state index in [2.05, 4.69) is 12.2 Å². The zero-order valence-corrected chi connectivity index (χ0v) is 14.3. The molecule has 0 saturated heterocycles. The molecular formula is C14H23NO4S2. The van der Waals surface area contributed by atoms with Gasteiger partial charge in [-0.25, -0.2) is 8.42 Å². The molecule has 0 spiro atoms. The average Bonchev–Trinajstić information content (AvgIpc) is 2.44. The van der Waals surface area contributed by atoms with Gasteiger partial charge in [-0.15, -0.1) is 0 Å². The number of hydrogen-bond acceptors (Lipinski definition) is 5. The summed E-state index contributed by atoms with van der Waals surface area (Å²) >= 11 is 0. The van der Waals surface area contributed by atoms with Crippen LogP contribution in [0, 0.1) is 0 Å². The van der Waals surface area contributed by atoms with Crippen LogP contribution in [0.3, 0.4) is 0 Å². The minimum absolute atomic E-state index is 0.0189. The molecule has 5 nitrogen and oxygen atoms in total. The van der Waals surface area contributed by atoms with Gasteiger partial charge >= 0.3 is 0 Å². The van der Waals surface area contributed by atoms with Crippen molar-refractivity contribution in [2.75, 3.05) is 32.3 Å². The van der Waals surface area contributed by atoms with E-state index in [1.165, 1.54) is 12.1 Å². The first-order chi connectivity index (χ1) is 9.88. The third-order valence-corrected chi connectivity index (χ3v) is 5.55. The van der Waals surface area contributed by atoms with Crippen LogP contribution < -0.4 is 5.32 Å². The Hall–Kier alpha value is -0.760. The molecule has 1 rings (SSSR count). The van der Waals surface area contributed by atoms with Crippen molar-refractivity contribution in [1.29, 1.82) is 0 Å². The number of sulfone groups is 1. The average molecular weight is 333 g/mol. The molecule has 1 aromatic carbocycles. The van der Waals surface area contributed by atoms with E-state index in [0.29, 0.717) is 17.3 Å². The Balaban J connectivity index is 2.73. The molecule has 21 heavy (non-hydrogen) atoms. The fraction of sp³-hybridized carbons (Fsp3) is 0.571. The number of rotatable bonds is 9. The maximum absolute atomic E-state index is 12.3. The summed E-state index contributed by atoms with van der Waals surface area (Å²) in [6.07, 6.45) is 2.15. The zero-order valence-electron chi connectivity index (χ0n) is 12.7. The van der Waals surface area contributed by atoms with Gasteiger partial charge in [0.15, 0.2) is 9.84 Å². The largest absolute Gasteiger partial charge is 0.383 e. The summed E-state index contributed by atoms with van der Waals surface area (Å²) < 4.78 is 40.2. The highest BCUT2D eigenvalue weighted by atomic mass is 32.2. The van der Waals surface area contributed by atoms with Gasteiger partial charge in [-0.05, 0) is 37.2 Å². The van der Waals surface area contributed by atoms with Gasteiger partial charge in [-0.2, -0.15) is 0 Å². The highest BCUT2D eigenvalue weighted by Crippen LogP contribution is 2.14. The minimum Gasteiger partial charge on any atom is -0.383 e. The second-order valence-electron chi connectivity index (χ2n) is 4.86. The first kappa shape index (κ1) is 18.3. The molecule has 0 aliphatic carbocycles. The number of hydrogen-bond donors (Lipinski definition) is 1. The molecule has 0 amide bonds. The van der Waals surface area contributed by atoms with Crippen LogP contribution in [0.5, 0.6) is 0 Å². The molecule has 120 valence electrons. The topological polar surface area (TPSA) is 72.5 Å². The fourth-order valence-corrected chi connectivity index (χ4v) is 3.68. The molecule has 0 aliphatic rings. The van der Waals surface area contributed by atoms with Crippen molar-refractivity contribution < 1.29 is 17.4 Å². The monoisotopic (exact) mass is 333 g/mol. The molecule has 0 aliphatic heterocycles. The van der Waals surface area contributed by atoms with Gasteiger partial charge in [0.1, 0.15) is 0 Å². The lowest BCUT2D eigenvalue weighted by Crippen LogP contribution is -2.38. The van der Waals surface area contributed by atoms with Crippen LogP contribution in [0.1, 0.15) is 13.3 Å². The van der Waals surface area contributed by atoms with Gasteiger partial charge < -0.3 is 10.1 Å². The SMILES string of the molecule is CCCNC(COC)CS(=O)c1ccc(S(C)(=O)=O)cc1. The third-order valence-electron chi connectivity index (χ3n) is 2.92. The smallest absolute Gasteiger partial charge is 0.175 e. The van der Waals surface area contributed by atoms with E-state index in [-0.39, 0.29) is 10.9 Å². The zero-order chi connectivity index (χ0) is 15.9. The van der Waals surface area contributed by atoms with Crippen LogP contribution in [-0.4, -0.2) is 50.9 Å². The van der Waals surface area contributed by atoms with E-state index in [1.807, 2.05) is 0 Å². The van der Waals surface area contributed by atoms with Gasteiger partial charge in [-0.3, -0.25) is 4.21 Å². The molecule has 0 radical (unpaired) electrons. The lowest BCUT2D eigenvalue weighted by atomic mass is 10.3. The van der Waals surface area contributed by atoms with Crippen molar-refractivity contribution >= 4 is 20.6 Å². The first-order valence-corrected chi connectivity index (χ1v) is 10.00. The van der Waals surface area contributed by atoms with Gasteiger partial charge in [0.05, 0.1) is 22.3 Å². The van der Waals surface area contributed by atoms with Gasteiger partial charge in [0.2, 0.25) is 0 Å². The third kappa shape index (κ3) is 6.25. The molecule has 7 heteroatoms. The molecule has 0 saturated carbocycles. The van der Waals surface area contributed by atoms with Gasteiger partial charge in [0.25, 0.3) is 0 Å². The molecule has 0 bridgehead atoms. The summed E-state index contributed by atoms with van der Waals surface area (Å²) in [4.78, 5) is 0.864. The Labute approximate surface area is 129 Å². The van der Waals surface area contributed by atoms with Crippen LogP contribution in [-0.2, 0) is 25.4 Å². The van der Waals surface area contributed by atoms with Crippen molar-refractivity contribution in [3.05, 3.63) is 24.3 Å². The van der Waals surface area contributed by atoms with Crippen LogP contribution in [0.15, 0.2) is 34.1 Å². The molecule has 0 fully saturated rings. The van der Waals surface area contributed by atoms with Crippen LogP contribution >= 0.6 is 0 Å². The number of ether oxygens (including phenoxy) is 1. The van der Waals surface area contributed by atoms with Crippen molar-refractivity contribution in [2.45, 2.75) is 29.2 Å². The number of methoxy groups -OCH3 is 1. The van der Waals surface area contributed by atoms with Crippen molar-refractivity contribution in [2.24, 2.45) is 0 Å². The Bertz CT molecular complexity index is 555. The van der Waals surface area contributed by atoms with Crippen LogP contribution in [0.2, 0.25) is 0 Å². The van der Waals surface area contributed by atoms with E-state index < -0.39 is 20.6 Å². The predicted octanol–water partition coefficient (Wildman–Crippen LogP) is 1.21. The minimum atomic E-state index is -3.22. The molecular weight excluding hydrogens is 310 g/mol. The summed E-state index contributed by atoms with van der Waals surface area (Å²) in [6, 6.07) is 6.22. The van der Waals surface area contributed by atoms with Crippen molar-refractivity contribution in [1.82, 2.24) is 5.32 Å². The van der Waals surface area contributed by atoms with Crippen LogP contribution in [0.4, 0.5) is 0 Å². The summed E-state index contributed by atoms with van der Waals surface area (Å²) in [5, 5.41) is 3.29. The molecule has 0 heterocycles. The Morgan fingerprint density at radius 2 is 1.90 bits per heavy atom. The standard InChI is InChI=1S/C14H23NO4S2/c1-4-9-15-12(10-19-2)11-20(16)13-5-7-14(8-6-13)21(3,17)18/h5-8,12,15H,4,9-11H2,1-3H3. The second kappa shape index (κ2) is 8.63. The summed E-state index contributed by atoms with van der Waals surface area (Å²) in [5.41, 5.74) is 0. The normalized spacial score (nSPS) is 14.8. The van der Waals surface area contributed by atoms with Crippen molar-refractivity contribution in [3.63, 3.8) is 0 Å². The Kier molecular flexibility index (Phi) is 7.51. The second-order valence-corrected chi connectivity index (χ2v) is 8.37. The number of benzene rings is 1. The van der Waals surface area contributed by atoms with Gasteiger partial charge in [-0.1, -0.05) is 6.92 Å². The van der Waals surface area contributed by atoms with E-state index >= 15 is 0 Å². The van der Waals surface area contributed by atoms with E-state index in [9.17, 15) is 12.6 Å². The van der Waals surface area contributed by atoms with E-state index in [0.717, 1.165) is 19.2 Å². The van der Waals surface area contributed by atoms with Gasteiger partial charge in [0, 0.05) is 30.1 Å². The lowest BCUT2D eigenvalue weighted by molar-refractivity contribution is 0.173. The maximum atomic E-state index is 12.3. The quantitative estimate of drug-likeness (QED) is 0.735. The highest BCUT2D eigenvalue weighted by molar-refractivity contribution is 7.90. The van der Waals surface area contributed by atoms with E-state index in [4.69, 9.17) is 4.74 Å². The van der Waals surface area contributed by atoms with Crippen LogP contribution in [0.25, 0.3) is 0 Å². The summed E-state index contributed by atoms with van der Waals surface area (Å²) in [5.74, 6) is 0.437. The van der Waals surface area contributed by atoms with E-state index in [1.54, 1.807) is 19.2 Å². The Morgan fingerprint density at radius 1 is 1.29 bits per heavy atom. The molecule has 0 aromatic heterocycles. The lowest BCUT2D eigenvalue weighted by Gasteiger charge is -2.17. The summed E-state index contributed by atoms with van der Waals surface area (Å²) in [7, 11) is -2.80. The molecule has 2 atom stereocenters. The maximum Gasteiger partial charge on any atom is 0.175 e. The highest BCUT2D eigenvalue weighted by Gasteiger charge is 2.14. The number of nitrogens with one attached hydrogen (secondary N) is 1. The molecule has 1 N–H and O–H groups in total. The molecule has 2 unspecified atom stereocenters. The fourth-order valence-electron chi connectivity index (χ4n) is 1.83. The van der Waals surface area contributed by atoms with Crippen molar-refractivity contribution in [3.8, 4) is 0 Å². The molecule has 1 aromatic rings. The summed E-state index contributed by atoms with van der Waals surface area (Å²) in [6.45, 7) is 3.41.